The zero-order chi connectivity index (χ0) is 16.9. The highest BCUT2D eigenvalue weighted by Gasteiger charge is 2.20. The van der Waals surface area contributed by atoms with Gasteiger partial charge >= 0.3 is 5.69 Å². The monoisotopic (exact) mass is 328 g/mol. The summed E-state index contributed by atoms with van der Waals surface area (Å²) in [6.45, 7) is 0.0273. The fourth-order valence-corrected chi connectivity index (χ4v) is 2.98. The van der Waals surface area contributed by atoms with E-state index in [0.29, 0.717) is 5.69 Å². The van der Waals surface area contributed by atoms with Crippen LogP contribution in [-0.4, -0.2) is 26.5 Å². The molecule has 2 aromatic rings. The van der Waals surface area contributed by atoms with E-state index in [-0.39, 0.29) is 18.2 Å². The van der Waals surface area contributed by atoms with Gasteiger partial charge in [0.2, 0.25) is 0 Å². The summed E-state index contributed by atoms with van der Waals surface area (Å²) in [5, 5.41) is 2.90. The van der Waals surface area contributed by atoms with Gasteiger partial charge in [0.1, 0.15) is 5.56 Å². The summed E-state index contributed by atoms with van der Waals surface area (Å²) in [6, 6.07) is 5.36. The van der Waals surface area contributed by atoms with Crippen molar-refractivity contribution in [2.75, 3.05) is 0 Å². The molecule has 2 heterocycles. The first kappa shape index (κ1) is 16.2. The number of hydrogen-bond acceptors (Lipinski definition) is 4. The topological polar surface area (TPSA) is 96.8 Å². The van der Waals surface area contributed by atoms with Gasteiger partial charge in [-0.2, -0.15) is 0 Å². The van der Waals surface area contributed by atoms with Crippen LogP contribution in [0, 0.1) is 0 Å². The minimum absolute atomic E-state index is 0.0273. The highest BCUT2D eigenvalue weighted by atomic mass is 16.2. The Morgan fingerprint density at radius 1 is 1.25 bits per heavy atom. The minimum atomic E-state index is -0.599. The van der Waals surface area contributed by atoms with Crippen LogP contribution in [0.3, 0.4) is 0 Å². The molecule has 1 aliphatic carbocycles. The molecule has 0 unspecified atom stereocenters. The van der Waals surface area contributed by atoms with Gasteiger partial charge in [0.25, 0.3) is 11.5 Å². The number of carbonyl (C=O) groups is 1. The third-order valence-electron chi connectivity index (χ3n) is 4.29. The van der Waals surface area contributed by atoms with E-state index in [1.165, 1.54) is 12.6 Å². The summed E-state index contributed by atoms with van der Waals surface area (Å²) < 4.78 is 0.998. The van der Waals surface area contributed by atoms with Crippen molar-refractivity contribution in [2.24, 2.45) is 0 Å². The highest BCUT2D eigenvalue weighted by Crippen LogP contribution is 2.17. The number of carbonyl (C=O) groups excluding carboxylic acids is 1. The van der Waals surface area contributed by atoms with Crippen LogP contribution >= 0.6 is 0 Å². The van der Waals surface area contributed by atoms with Gasteiger partial charge in [0, 0.05) is 18.4 Å². The summed E-state index contributed by atoms with van der Waals surface area (Å²) in [4.78, 5) is 43.5. The number of rotatable bonds is 4. The van der Waals surface area contributed by atoms with Gasteiger partial charge in [0.15, 0.2) is 0 Å². The molecule has 2 aromatic heterocycles. The lowest BCUT2D eigenvalue weighted by Crippen LogP contribution is -2.43. The Morgan fingerprint density at radius 2 is 2.04 bits per heavy atom. The highest BCUT2D eigenvalue weighted by molar-refractivity contribution is 5.93. The summed E-state index contributed by atoms with van der Waals surface area (Å²) >= 11 is 0. The normalized spacial score (nSPS) is 15.2. The number of aromatic nitrogens is 3. The van der Waals surface area contributed by atoms with Gasteiger partial charge in [-0.15, -0.1) is 0 Å². The second kappa shape index (κ2) is 7.25. The Labute approximate surface area is 138 Å². The van der Waals surface area contributed by atoms with E-state index >= 15 is 0 Å². The number of pyridine rings is 1. The van der Waals surface area contributed by atoms with Gasteiger partial charge < -0.3 is 10.3 Å². The van der Waals surface area contributed by atoms with Gasteiger partial charge in [-0.3, -0.25) is 19.1 Å². The summed E-state index contributed by atoms with van der Waals surface area (Å²) in [6.07, 6.45) is 7.99. The first-order chi connectivity index (χ1) is 11.6. The quantitative estimate of drug-likeness (QED) is 0.876. The largest absolute Gasteiger partial charge is 0.349 e. The molecular formula is C17H20N4O3. The predicted octanol–water partition coefficient (Wildman–Crippen LogP) is 1.04. The average Bonchev–Trinajstić information content (AvgIpc) is 2.60. The van der Waals surface area contributed by atoms with E-state index in [2.05, 4.69) is 15.3 Å². The number of aromatic amines is 1. The van der Waals surface area contributed by atoms with Crippen LogP contribution in [0.2, 0.25) is 0 Å². The lowest BCUT2D eigenvalue weighted by atomic mass is 9.95. The smallest absolute Gasteiger partial charge is 0.328 e. The van der Waals surface area contributed by atoms with Crippen LogP contribution in [0.15, 0.2) is 40.2 Å². The van der Waals surface area contributed by atoms with E-state index in [4.69, 9.17) is 0 Å². The van der Waals surface area contributed by atoms with E-state index in [0.717, 1.165) is 30.3 Å². The summed E-state index contributed by atoms with van der Waals surface area (Å²) in [5.74, 6) is -0.432. The molecule has 0 bridgehead atoms. The van der Waals surface area contributed by atoms with Crippen LogP contribution in [-0.2, 0) is 6.54 Å². The second-order valence-electron chi connectivity index (χ2n) is 6.03. The molecule has 0 radical (unpaired) electrons. The van der Waals surface area contributed by atoms with Gasteiger partial charge in [-0.05, 0) is 25.0 Å². The van der Waals surface area contributed by atoms with Crippen LogP contribution in [0.25, 0.3) is 0 Å². The molecule has 0 saturated heterocycles. The van der Waals surface area contributed by atoms with Gasteiger partial charge in [0.05, 0.1) is 12.2 Å². The Bertz CT molecular complexity index is 820. The zero-order valence-corrected chi connectivity index (χ0v) is 13.3. The summed E-state index contributed by atoms with van der Waals surface area (Å²) in [5.41, 5.74) is -0.622. The van der Waals surface area contributed by atoms with Crippen molar-refractivity contribution < 1.29 is 4.79 Å². The van der Waals surface area contributed by atoms with Crippen molar-refractivity contribution >= 4 is 5.91 Å². The molecule has 0 atom stereocenters. The van der Waals surface area contributed by atoms with E-state index in [9.17, 15) is 14.4 Å². The van der Waals surface area contributed by atoms with Crippen molar-refractivity contribution in [2.45, 2.75) is 44.7 Å². The zero-order valence-electron chi connectivity index (χ0n) is 13.3. The van der Waals surface area contributed by atoms with Crippen molar-refractivity contribution in [3.63, 3.8) is 0 Å². The number of nitrogens with zero attached hydrogens (tertiary/aromatic N) is 2. The summed E-state index contributed by atoms with van der Waals surface area (Å²) in [7, 11) is 0. The van der Waals surface area contributed by atoms with Crippen LogP contribution in [0.5, 0.6) is 0 Å². The molecule has 0 aliphatic heterocycles. The molecule has 3 rings (SSSR count). The van der Waals surface area contributed by atoms with Crippen molar-refractivity contribution in [3.8, 4) is 0 Å². The fourth-order valence-electron chi connectivity index (χ4n) is 2.98. The molecule has 1 amide bonds. The Hall–Kier alpha value is -2.70. The number of H-pyrrole nitrogens is 1. The predicted molar refractivity (Wildman–Crippen MR) is 89.0 cm³/mol. The Morgan fingerprint density at radius 3 is 2.75 bits per heavy atom. The van der Waals surface area contributed by atoms with E-state index < -0.39 is 17.2 Å². The molecule has 1 saturated carbocycles. The van der Waals surface area contributed by atoms with E-state index in [1.54, 1.807) is 24.4 Å². The van der Waals surface area contributed by atoms with Gasteiger partial charge in [-0.1, -0.05) is 25.3 Å². The second-order valence-corrected chi connectivity index (χ2v) is 6.03. The van der Waals surface area contributed by atoms with Crippen molar-refractivity contribution in [3.05, 3.63) is 62.7 Å². The number of amides is 1. The molecule has 7 nitrogen and oxygen atoms in total. The molecule has 24 heavy (non-hydrogen) atoms. The van der Waals surface area contributed by atoms with Gasteiger partial charge in [-0.25, -0.2) is 4.79 Å². The molecule has 1 aliphatic rings. The van der Waals surface area contributed by atoms with Crippen LogP contribution in [0.1, 0.15) is 48.2 Å². The van der Waals surface area contributed by atoms with E-state index in [1.807, 2.05) is 0 Å². The lowest BCUT2D eigenvalue weighted by Gasteiger charge is -2.22. The van der Waals surface area contributed by atoms with Crippen molar-refractivity contribution in [1.29, 1.82) is 0 Å². The molecule has 0 spiro atoms. The average molecular weight is 328 g/mol. The van der Waals surface area contributed by atoms with Crippen LogP contribution < -0.4 is 16.6 Å². The molecule has 7 heteroatoms. The molecule has 0 aromatic carbocycles. The third kappa shape index (κ3) is 3.61. The van der Waals surface area contributed by atoms with Crippen molar-refractivity contribution in [1.82, 2.24) is 19.9 Å². The molecule has 2 N–H and O–H groups in total. The first-order valence-electron chi connectivity index (χ1n) is 8.18. The maximum absolute atomic E-state index is 12.5. The maximum atomic E-state index is 12.5. The molecular weight excluding hydrogens is 308 g/mol. The Kier molecular flexibility index (Phi) is 4.88. The minimum Gasteiger partial charge on any atom is -0.349 e. The van der Waals surface area contributed by atoms with Crippen LogP contribution in [0.4, 0.5) is 0 Å². The first-order valence-corrected chi connectivity index (χ1v) is 8.18. The SMILES string of the molecule is O=C(NC1CCCCC1)c1c[nH]c(=O)n(Cc2ccccn2)c1=O. The lowest BCUT2D eigenvalue weighted by molar-refractivity contribution is 0.0925. The molecule has 126 valence electrons. The Balaban J connectivity index is 1.84. The standard InChI is InChI=1S/C17H20N4O3/c22-15(20-12-6-2-1-3-7-12)14-10-19-17(24)21(16(14)23)11-13-8-4-5-9-18-13/h4-5,8-10,12H,1-3,6-7,11H2,(H,19,24)(H,20,22). The fraction of sp³-hybridized carbons (Fsp3) is 0.412. The number of nitrogens with one attached hydrogen (secondary N) is 2. The molecule has 1 fully saturated rings. The number of hydrogen-bond donors (Lipinski definition) is 2. The third-order valence-corrected chi connectivity index (χ3v) is 4.29. The maximum Gasteiger partial charge on any atom is 0.328 e.